The number of pyridine rings is 1. The van der Waals surface area contributed by atoms with Gasteiger partial charge < -0.3 is 15.0 Å². The van der Waals surface area contributed by atoms with Gasteiger partial charge in [-0.2, -0.15) is 9.29 Å². The molecule has 2 aliphatic heterocycles. The molecular formula is C31H42ClN7O5S. The van der Waals surface area contributed by atoms with E-state index in [9.17, 15) is 18.0 Å². The van der Waals surface area contributed by atoms with E-state index in [0.29, 0.717) is 42.9 Å². The molecule has 12 nitrogen and oxygen atoms in total. The molecule has 244 valence electrons. The lowest BCUT2D eigenvalue weighted by atomic mass is 10.0. The lowest BCUT2D eigenvalue weighted by Gasteiger charge is -2.42. The summed E-state index contributed by atoms with van der Waals surface area (Å²) in [4.78, 5) is 38.4. The number of piperidine rings is 1. The number of rotatable bonds is 6. The van der Waals surface area contributed by atoms with Crippen LogP contribution < -0.4 is 10.9 Å². The van der Waals surface area contributed by atoms with E-state index in [1.807, 2.05) is 41.5 Å². The van der Waals surface area contributed by atoms with Gasteiger partial charge in [0, 0.05) is 68.6 Å². The Morgan fingerprint density at radius 1 is 1.07 bits per heavy atom. The number of nitrogens with one attached hydrogen (secondary N) is 1. The van der Waals surface area contributed by atoms with Crippen LogP contribution in [0.5, 0.6) is 0 Å². The van der Waals surface area contributed by atoms with Gasteiger partial charge in [0.15, 0.2) is 0 Å². The number of carbonyl (C=O) groups is 1. The van der Waals surface area contributed by atoms with Crippen LogP contribution in [0.1, 0.15) is 59.1 Å². The molecule has 4 heterocycles. The molecule has 0 atom stereocenters. The Labute approximate surface area is 269 Å². The van der Waals surface area contributed by atoms with Gasteiger partial charge in [-0.15, -0.1) is 0 Å². The molecule has 2 aliphatic rings. The van der Waals surface area contributed by atoms with Crippen LogP contribution in [0.2, 0.25) is 5.02 Å². The van der Waals surface area contributed by atoms with Crippen molar-refractivity contribution in [3.05, 3.63) is 51.4 Å². The van der Waals surface area contributed by atoms with E-state index in [1.165, 1.54) is 4.57 Å². The van der Waals surface area contributed by atoms with Crippen LogP contribution in [-0.4, -0.2) is 94.1 Å². The highest BCUT2D eigenvalue weighted by atomic mass is 35.5. The number of halogens is 1. The van der Waals surface area contributed by atoms with Gasteiger partial charge in [-0.25, -0.2) is 18.2 Å². The van der Waals surface area contributed by atoms with Gasteiger partial charge in [0.1, 0.15) is 16.3 Å². The van der Waals surface area contributed by atoms with Crippen molar-refractivity contribution in [1.29, 1.82) is 0 Å². The van der Waals surface area contributed by atoms with Crippen molar-refractivity contribution >= 4 is 50.4 Å². The van der Waals surface area contributed by atoms with Gasteiger partial charge in [0.25, 0.3) is 5.56 Å². The molecule has 0 unspecified atom stereocenters. The van der Waals surface area contributed by atoms with Gasteiger partial charge >= 0.3 is 6.09 Å². The highest BCUT2D eigenvalue weighted by Crippen LogP contribution is 2.28. The molecule has 0 aliphatic carbocycles. The molecule has 14 heteroatoms. The molecule has 1 aromatic carbocycles. The molecule has 1 amide bonds. The second kappa shape index (κ2) is 12.9. The number of piperazine rings is 1. The average molecular weight is 660 g/mol. The molecule has 2 aromatic heterocycles. The van der Waals surface area contributed by atoms with Crippen LogP contribution in [0.4, 0.5) is 16.4 Å². The van der Waals surface area contributed by atoms with Gasteiger partial charge in [-0.05, 0) is 84.2 Å². The summed E-state index contributed by atoms with van der Waals surface area (Å²) in [5.74, 6) is 0.284. The fourth-order valence-electron chi connectivity index (χ4n) is 5.88. The smallest absolute Gasteiger partial charge is 0.410 e. The number of amides is 1. The number of fused-ring (bicyclic) bond motifs is 1. The lowest BCUT2D eigenvalue weighted by molar-refractivity contribution is 0.00746. The first-order valence-corrected chi connectivity index (χ1v) is 17.1. The van der Waals surface area contributed by atoms with Gasteiger partial charge in [0.2, 0.25) is 16.0 Å². The first-order valence-electron chi connectivity index (χ1n) is 15.3. The van der Waals surface area contributed by atoms with E-state index in [0.717, 1.165) is 31.5 Å². The molecule has 45 heavy (non-hydrogen) atoms. The Balaban J connectivity index is 1.22. The summed E-state index contributed by atoms with van der Waals surface area (Å²) >= 11 is 6.13. The summed E-state index contributed by atoms with van der Waals surface area (Å²) in [6.07, 6.45) is 2.78. The largest absolute Gasteiger partial charge is 0.444 e. The zero-order valence-corrected chi connectivity index (χ0v) is 28.3. The number of hydrogen-bond acceptors (Lipinski definition) is 9. The molecule has 0 radical (unpaired) electrons. The van der Waals surface area contributed by atoms with Crippen molar-refractivity contribution in [1.82, 2.24) is 28.6 Å². The summed E-state index contributed by atoms with van der Waals surface area (Å²) in [5.41, 5.74) is 0.991. The Hall–Kier alpha value is -3.26. The van der Waals surface area contributed by atoms with E-state index in [-0.39, 0.29) is 39.6 Å². The lowest BCUT2D eigenvalue weighted by Crippen LogP contribution is -2.55. The molecule has 3 aromatic rings. The number of ether oxygens (including phenoxy) is 1. The highest BCUT2D eigenvalue weighted by molar-refractivity contribution is 7.89. The third-order valence-electron chi connectivity index (χ3n) is 8.23. The second-order valence-electron chi connectivity index (χ2n) is 13.0. The minimum atomic E-state index is -3.68. The van der Waals surface area contributed by atoms with Crippen molar-refractivity contribution in [2.24, 2.45) is 0 Å². The second-order valence-corrected chi connectivity index (χ2v) is 15.3. The zero-order chi connectivity index (χ0) is 32.7. The molecule has 0 bridgehead atoms. The van der Waals surface area contributed by atoms with E-state index >= 15 is 0 Å². The van der Waals surface area contributed by atoms with Crippen molar-refractivity contribution < 1.29 is 17.9 Å². The zero-order valence-electron chi connectivity index (χ0n) is 26.7. The van der Waals surface area contributed by atoms with Gasteiger partial charge in [-0.1, -0.05) is 11.6 Å². The standard InChI is InChI=1S/C31H42ClN7O5S/c1-20(2)39-27-22(18-25(32)28(39)40)19-33-29(35-27)34-26-8-7-24(17-21(26)3)45(42,43)38-11-9-23(10-12-38)36-13-15-37(16-14-36)30(41)44-31(4,5)6/h7-8,17-20,23H,9-16H2,1-6H3,(H,33,34,35). The van der Waals surface area contributed by atoms with Gasteiger partial charge in [0.05, 0.1) is 4.90 Å². The highest BCUT2D eigenvalue weighted by Gasteiger charge is 2.34. The van der Waals surface area contributed by atoms with E-state index < -0.39 is 15.6 Å². The van der Waals surface area contributed by atoms with Crippen molar-refractivity contribution in [2.75, 3.05) is 44.6 Å². The maximum absolute atomic E-state index is 13.6. The first-order chi connectivity index (χ1) is 21.1. The van der Waals surface area contributed by atoms with E-state index in [4.69, 9.17) is 16.3 Å². The Bertz CT molecular complexity index is 1740. The number of aromatic nitrogens is 3. The number of nitrogens with zero attached hydrogens (tertiary/aromatic N) is 6. The molecule has 2 saturated heterocycles. The minimum absolute atomic E-state index is 0.107. The summed E-state index contributed by atoms with van der Waals surface area (Å²) in [5, 5.41) is 3.92. The van der Waals surface area contributed by atoms with Crippen LogP contribution in [0.3, 0.4) is 0 Å². The monoisotopic (exact) mass is 659 g/mol. The van der Waals surface area contributed by atoms with Crippen LogP contribution in [-0.2, 0) is 14.8 Å². The Morgan fingerprint density at radius 2 is 1.73 bits per heavy atom. The minimum Gasteiger partial charge on any atom is -0.444 e. The topological polar surface area (TPSA) is 130 Å². The number of anilines is 2. The van der Waals surface area contributed by atoms with Crippen LogP contribution >= 0.6 is 11.6 Å². The summed E-state index contributed by atoms with van der Waals surface area (Å²) < 4.78 is 35.8. The Morgan fingerprint density at radius 3 is 2.33 bits per heavy atom. The number of carbonyl (C=O) groups excluding carboxylic acids is 1. The third kappa shape index (κ3) is 7.26. The van der Waals surface area contributed by atoms with Gasteiger partial charge in [-0.3, -0.25) is 14.3 Å². The maximum atomic E-state index is 13.6. The van der Waals surface area contributed by atoms with Crippen molar-refractivity contribution in [3.63, 3.8) is 0 Å². The number of sulfonamides is 1. The Kier molecular flexibility index (Phi) is 9.46. The molecule has 1 N–H and O–H groups in total. The molecule has 2 fully saturated rings. The molecule has 0 spiro atoms. The quantitative estimate of drug-likeness (QED) is 0.397. The number of benzene rings is 1. The first kappa shape index (κ1) is 33.1. The average Bonchev–Trinajstić information content (AvgIpc) is 2.98. The summed E-state index contributed by atoms with van der Waals surface area (Å²) in [6.45, 7) is 14.7. The summed E-state index contributed by atoms with van der Waals surface area (Å²) in [6, 6.07) is 6.64. The van der Waals surface area contributed by atoms with Crippen LogP contribution in [0.25, 0.3) is 11.0 Å². The SMILES string of the molecule is Cc1cc(S(=O)(=O)N2CCC(N3CCN(C(=O)OC(C)(C)C)CC3)CC2)ccc1Nc1ncc2cc(Cl)c(=O)n(C(C)C)c2n1. The number of hydrogen-bond donors (Lipinski definition) is 1. The molecule has 5 rings (SSSR count). The van der Waals surface area contributed by atoms with Crippen LogP contribution in [0.15, 0.2) is 40.2 Å². The predicted octanol–water partition coefficient (Wildman–Crippen LogP) is 4.78. The molecule has 0 saturated carbocycles. The maximum Gasteiger partial charge on any atom is 0.410 e. The van der Waals surface area contributed by atoms with Crippen LogP contribution in [0, 0.1) is 6.92 Å². The summed E-state index contributed by atoms with van der Waals surface area (Å²) in [7, 11) is -3.68. The van der Waals surface area contributed by atoms with E-state index in [2.05, 4.69) is 20.2 Å². The van der Waals surface area contributed by atoms with Crippen molar-refractivity contribution in [3.8, 4) is 0 Å². The normalized spacial score (nSPS) is 17.6. The fourth-order valence-corrected chi connectivity index (χ4v) is 7.64. The number of aryl methyl sites for hydroxylation is 1. The fraction of sp³-hybridized carbons (Fsp3) is 0.548. The van der Waals surface area contributed by atoms with E-state index in [1.54, 1.807) is 39.7 Å². The third-order valence-corrected chi connectivity index (χ3v) is 10.4. The molecular weight excluding hydrogens is 618 g/mol. The van der Waals surface area contributed by atoms with Crippen molar-refractivity contribution in [2.45, 2.75) is 77.0 Å². The predicted molar refractivity (Wildman–Crippen MR) is 175 cm³/mol.